The lowest BCUT2D eigenvalue weighted by atomic mass is 9.33. The number of hydrogen-bond donors (Lipinski definition) is 2. The number of aromatic hydroxyl groups is 2. The van der Waals surface area contributed by atoms with Crippen LogP contribution in [0.3, 0.4) is 0 Å². The van der Waals surface area contributed by atoms with Gasteiger partial charge in [0.05, 0.1) is 6.10 Å². The fourth-order valence-corrected chi connectivity index (χ4v) is 12.3. The predicted molar refractivity (Wildman–Crippen MR) is 180 cm³/mol. The van der Waals surface area contributed by atoms with E-state index in [1.54, 1.807) is 17.7 Å². The molecule has 11 atom stereocenters. The SMILES string of the molecule is CO[C@@H]1C=C2[C@@H]3[C@@H](C)[C@H](C)CC[C@]3(C)CC[C@@]2(C)[C@]2(C)CC[C@H]3C(C)(C)[C@@H](OC(=O)/C=C/c4ccc(O)c(O)c4)CC[C@]3(C)[C@@H]12. The highest BCUT2D eigenvalue weighted by Gasteiger charge is 2.70. The van der Waals surface area contributed by atoms with Crippen LogP contribution in [0.1, 0.15) is 112 Å². The number of phenols is 2. The first-order valence-corrected chi connectivity index (χ1v) is 17.7. The third-order valence-electron chi connectivity index (χ3n) is 15.2. The highest BCUT2D eigenvalue weighted by atomic mass is 16.5. The summed E-state index contributed by atoms with van der Waals surface area (Å²) >= 11 is 0. The number of ether oxygens (including phenoxy) is 2. The number of carbonyl (C=O) groups excluding carboxylic acids is 1. The van der Waals surface area contributed by atoms with E-state index in [0.717, 1.165) is 25.2 Å². The van der Waals surface area contributed by atoms with E-state index in [2.05, 4.69) is 61.5 Å². The van der Waals surface area contributed by atoms with Gasteiger partial charge in [0.2, 0.25) is 0 Å². The molecule has 0 amide bonds. The highest BCUT2D eigenvalue weighted by molar-refractivity contribution is 5.87. The van der Waals surface area contributed by atoms with Gasteiger partial charge in [-0.05, 0) is 120 Å². The van der Waals surface area contributed by atoms with E-state index in [4.69, 9.17) is 9.47 Å². The molecular formula is C40H58O5. The van der Waals surface area contributed by atoms with Crippen molar-refractivity contribution < 1.29 is 24.5 Å². The molecule has 0 radical (unpaired) electrons. The van der Waals surface area contributed by atoms with E-state index in [9.17, 15) is 15.0 Å². The van der Waals surface area contributed by atoms with Crippen molar-refractivity contribution in [3.8, 4) is 11.5 Å². The second-order valence-corrected chi connectivity index (χ2v) is 17.5. The summed E-state index contributed by atoms with van der Waals surface area (Å²) in [5, 5.41) is 19.4. The van der Waals surface area contributed by atoms with Crippen molar-refractivity contribution in [2.75, 3.05) is 7.11 Å². The Morgan fingerprint density at radius 2 is 1.64 bits per heavy atom. The Morgan fingerprint density at radius 1 is 0.911 bits per heavy atom. The van der Waals surface area contributed by atoms with Crippen LogP contribution in [-0.4, -0.2) is 35.5 Å². The number of carbonyl (C=O) groups is 1. The van der Waals surface area contributed by atoms with Crippen LogP contribution >= 0.6 is 0 Å². The number of phenolic OH excluding ortho intramolecular Hbond substituents is 2. The second-order valence-electron chi connectivity index (χ2n) is 17.5. The number of hydrogen-bond acceptors (Lipinski definition) is 5. The normalized spacial score (nSPS) is 45.4. The van der Waals surface area contributed by atoms with E-state index >= 15 is 0 Å². The Bertz CT molecular complexity index is 1390. The summed E-state index contributed by atoms with van der Waals surface area (Å²) in [6.45, 7) is 20.0. The lowest BCUT2D eigenvalue weighted by Gasteiger charge is -2.72. The van der Waals surface area contributed by atoms with Crippen LogP contribution < -0.4 is 0 Å². The van der Waals surface area contributed by atoms with Gasteiger partial charge in [-0.1, -0.05) is 73.1 Å². The largest absolute Gasteiger partial charge is 0.504 e. The molecular weight excluding hydrogens is 560 g/mol. The first-order valence-electron chi connectivity index (χ1n) is 17.7. The van der Waals surface area contributed by atoms with Crippen LogP contribution in [0, 0.1) is 56.7 Å². The minimum absolute atomic E-state index is 0.0662. The molecule has 4 fully saturated rings. The fourth-order valence-electron chi connectivity index (χ4n) is 12.3. The molecule has 45 heavy (non-hydrogen) atoms. The molecule has 5 nitrogen and oxygen atoms in total. The third-order valence-corrected chi connectivity index (χ3v) is 15.2. The zero-order valence-electron chi connectivity index (χ0n) is 29.3. The summed E-state index contributed by atoms with van der Waals surface area (Å²) in [6, 6.07) is 4.52. The molecule has 6 rings (SSSR count). The molecule has 1 aromatic carbocycles. The van der Waals surface area contributed by atoms with E-state index in [-0.39, 0.29) is 51.3 Å². The van der Waals surface area contributed by atoms with Gasteiger partial charge in [0.1, 0.15) is 6.10 Å². The molecule has 0 heterocycles. The summed E-state index contributed by atoms with van der Waals surface area (Å²) in [4.78, 5) is 13.1. The standard InChI is InChI=1S/C40H58O5/c1-24-14-17-37(5)20-21-39(7)27(34(37)25(24)2)23-30(44-9)35-38(6)18-16-32(36(3,4)31(38)15-19-40(35,39)8)45-33(43)13-11-26-10-12-28(41)29(42)22-26/h10-13,22-25,30-32,34-35,41-42H,14-21H2,1-9H3/b13-11+/t24-,25+,30-,31+,32+,34+,35-,37-,38+,39-,40-/m1/s1. The molecule has 4 saturated carbocycles. The smallest absolute Gasteiger partial charge is 0.331 e. The van der Waals surface area contributed by atoms with Crippen molar-refractivity contribution >= 4 is 12.0 Å². The molecule has 1 aromatic rings. The number of allylic oxidation sites excluding steroid dienone is 1. The van der Waals surface area contributed by atoms with Gasteiger partial charge < -0.3 is 19.7 Å². The van der Waals surface area contributed by atoms with Gasteiger partial charge >= 0.3 is 5.97 Å². The molecule has 5 heteroatoms. The van der Waals surface area contributed by atoms with Gasteiger partial charge in [-0.3, -0.25) is 0 Å². The maximum absolute atomic E-state index is 13.1. The zero-order valence-corrected chi connectivity index (χ0v) is 29.3. The summed E-state index contributed by atoms with van der Waals surface area (Å²) < 4.78 is 12.8. The van der Waals surface area contributed by atoms with Crippen LogP contribution in [0.4, 0.5) is 0 Å². The van der Waals surface area contributed by atoms with E-state index in [0.29, 0.717) is 34.7 Å². The van der Waals surface area contributed by atoms with Gasteiger partial charge in [0.15, 0.2) is 11.5 Å². The molecule has 248 valence electrons. The van der Waals surface area contributed by atoms with Crippen molar-refractivity contribution in [2.24, 2.45) is 56.7 Å². The molecule has 5 aliphatic carbocycles. The summed E-state index contributed by atoms with van der Waals surface area (Å²) in [5.41, 5.74) is 2.93. The van der Waals surface area contributed by atoms with Crippen molar-refractivity contribution in [3.63, 3.8) is 0 Å². The Morgan fingerprint density at radius 3 is 2.33 bits per heavy atom. The lowest BCUT2D eigenvalue weighted by Crippen LogP contribution is -2.67. The monoisotopic (exact) mass is 618 g/mol. The van der Waals surface area contributed by atoms with Crippen LogP contribution in [0.5, 0.6) is 11.5 Å². The summed E-state index contributed by atoms with van der Waals surface area (Å²) in [7, 11) is 1.94. The van der Waals surface area contributed by atoms with Crippen molar-refractivity contribution in [3.05, 3.63) is 41.5 Å². The third kappa shape index (κ3) is 4.75. The molecule has 0 bridgehead atoms. The van der Waals surface area contributed by atoms with Gasteiger partial charge in [-0.25, -0.2) is 4.79 Å². The molecule has 0 unspecified atom stereocenters. The molecule has 0 saturated heterocycles. The van der Waals surface area contributed by atoms with E-state index < -0.39 is 0 Å². The van der Waals surface area contributed by atoms with Gasteiger partial charge in [-0.15, -0.1) is 0 Å². The van der Waals surface area contributed by atoms with Crippen LogP contribution in [0.25, 0.3) is 6.08 Å². The zero-order chi connectivity index (χ0) is 32.7. The average molecular weight is 619 g/mol. The Hall–Kier alpha value is -2.27. The quantitative estimate of drug-likeness (QED) is 0.152. The topological polar surface area (TPSA) is 76.0 Å². The lowest BCUT2D eigenvalue weighted by molar-refractivity contribution is -0.232. The molecule has 0 aliphatic heterocycles. The van der Waals surface area contributed by atoms with Crippen LogP contribution in [0.2, 0.25) is 0 Å². The maximum atomic E-state index is 13.1. The Balaban J connectivity index is 1.29. The number of fused-ring (bicyclic) bond motifs is 7. The van der Waals surface area contributed by atoms with Gasteiger partial charge in [-0.2, -0.15) is 0 Å². The molecule has 0 aromatic heterocycles. The first-order chi connectivity index (χ1) is 21.0. The first kappa shape index (κ1) is 32.7. The van der Waals surface area contributed by atoms with E-state index in [1.807, 2.05) is 7.11 Å². The average Bonchev–Trinajstić information content (AvgIpc) is 2.98. The number of esters is 1. The van der Waals surface area contributed by atoms with Crippen molar-refractivity contribution in [2.45, 2.75) is 119 Å². The molecule has 5 aliphatic rings. The van der Waals surface area contributed by atoms with Crippen LogP contribution in [-0.2, 0) is 14.3 Å². The number of rotatable bonds is 4. The second kappa shape index (κ2) is 10.9. The Labute approximate surface area is 271 Å². The molecule has 0 spiro atoms. The summed E-state index contributed by atoms with van der Waals surface area (Å²) in [6.07, 6.45) is 15.1. The van der Waals surface area contributed by atoms with Crippen LogP contribution in [0.15, 0.2) is 35.9 Å². The van der Waals surface area contributed by atoms with Crippen molar-refractivity contribution in [1.29, 1.82) is 0 Å². The van der Waals surface area contributed by atoms with Gasteiger partial charge in [0.25, 0.3) is 0 Å². The predicted octanol–water partition coefficient (Wildman–Crippen LogP) is 9.33. The van der Waals surface area contributed by atoms with Gasteiger partial charge in [0, 0.05) is 24.5 Å². The molecule has 2 N–H and O–H groups in total. The minimum atomic E-state index is -0.363. The van der Waals surface area contributed by atoms with E-state index in [1.165, 1.54) is 50.3 Å². The summed E-state index contributed by atoms with van der Waals surface area (Å²) in [5.74, 6) is 2.14. The Kier molecular flexibility index (Phi) is 7.90. The number of methoxy groups -OCH3 is 1. The number of benzene rings is 1. The minimum Gasteiger partial charge on any atom is -0.504 e. The highest BCUT2D eigenvalue weighted by Crippen LogP contribution is 2.76. The van der Waals surface area contributed by atoms with Crippen molar-refractivity contribution in [1.82, 2.24) is 0 Å². The maximum Gasteiger partial charge on any atom is 0.331 e. The fraction of sp³-hybridized carbons (Fsp3) is 0.725.